The Labute approximate surface area is 95.6 Å². The Morgan fingerprint density at radius 2 is 2.38 bits per heavy atom. The zero-order valence-corrected chi connectivity index (χ0v) is 9.58. The van der Waals surface area contributed by atoms with Crippen LogP contribution in [0.5, 0.6) is 0 Å². The van der Waals surface area contributed by atoms with Crippen molar-refractivity contribution in [3.05, 3.63) is 23.1 Å². The van der Waals surface area contributed by atoms with Gasteiger partial charge in [-0.05, 0) is 6.92 Å². The van der Waals surface area contributed by atoms with Gasteiger partial charge in [-0.3, -0.25) is 4.68 Å². The molecule has 0 spiro atoms. The number of hydrogen-bond acceptors (Lipinski definition) is 5. The number of aromatic carboxylic acids is 1. The predicted molar refractivity (Wildman–Crippen MR) is 60.3 cm³/mol. The van der Waals surface area contributed by atoms with E-state index in [1.165, 1.54) is 16.8 Å². The fourth-order valence-corrected chi connectivity index (χ4v) is 2.02. The van der Waals surface area contributed by atoms with Crippen LogP contribution in [0.2, 0.25) is 0 Å². The van der Waals surface area contributed by atoms with Gasteiger partial charge in [-0.2, -0.15) is 5.10 Å². The van der Waals surface area contributed by atoms with Gasteiger partial charge in [-0.1, -0.05) is 0 Å². The Kier molecular flexibility index (Phi) is 2.61. The molecule has 2 aromatic heterocycles. The van der Waals surface area contributed by atoms with Crippen LogP contribution in [0.1, 0.15) is 16.2 Å². The van der Waals surface area contributed by atoms with E-state index in [1.54, 1.807) is 10.9 Å². The molecule has 0 saturated carbocycles. The van der Waals surface area contributed by atoms with E-state index in [1.807, 2.05) is 14.0 Å². The summed E-state index contributed by atoms with van der Waals surface area (Å²) in [6, 6.07) is 0. The minimum absolute atomic E-state index is 0.0354. The van der Waals surface area contributed by atoms with Gasteiger partial charge in [0.05, 0.1) is 16.9 Å². The Morgan fingerprint density at radius 3 is 2.94 bits per heavy atom. The van der Waals surface area contributed by atoms with E-state index >= 15 is 0 Å². The van der Waals surface area contributed by atoms with Crippen molar-refractivity contribution >= 4 is 28.0 Å². The number of hydrogen-bond donors (Lipinski definition) is 2. The summed E-state index contributed by atoms with van der Waals surface area (Å²) in [5.74, 6) is -1.04. The molecule has 0 atom stereocenters. The number of carboxylic acids is 1. The van der Waals surface area contributed by atoms with E-state index in [4.69, 9.17) is 5.11 Å². The SMILES string of the molecule is Cc1nn(C)cc1Nc1scnc1C(=O)O. The van der Waals surface area contributed by atoms with E-state index in [2.05, 4.69) is 15.4 Å². The molecule has 0 amide bonds. The second-order valence-electron chi connectivity index (χ2n) is 3.26. The maximum Gasteiger partial charge on any atom is 0.357 e. The molecular formula is C9H10N4O2S. The molecule has 84 valence electrons. The summed E-state index contributed by atoms with van der Waals surface area (Å²) < 4.78 is 1.67. The number of carbonyl (C=O) groups is 1. The van der Waals surface area contributed by atoms with E-state index in [0.717, 1.165) is 11.4 Å². The molecule has 0 aliphatic carbocycles. The van der Waals surface area contributed by atoms with Crippen molar-refractivity contribution in [1.29, 1.82) is 0 Å². The summed E-state index contributed by atoms with van der Waals surface area (Å²) in [5.41, 5.74) is 3.13. The number of anilines is 2. The first-order valence-electron chi connectivity index (χ1n) is 4.52. The summed E-state index contributed by atoms with van der Waals surface area (Å²) in [5, 5.41) is 16.6. The van der Waals surface area contributed by atoms with E-state index < -0.39 is 5.97 Å². The average molecular weight is 238 g/mol. The fourth-order valence-electron chi connectivity index (χ4n) is 1.33. The average Bonchev–Trinajstić information content (AvgIpc) is 2.75. The summed E-state index contributed by atoms with van der Waals surface area (Å²) in [6.45, 7) is 1.85. The first-order chi connectivity index (χ1) is 7.58. The zero-order valence-electron chi connectivity index (χ0n) is 8.76. The van der Waals surface area contributed by atoms with Gasteiger partial charge in [0, 0.05) is 13.2 Å². The summed E-state index contributed by atoms with van der Waals surface area (Å²) >= 11 is 1.25. The molecule has 16 heavy (non-hydrogen) atoms. The first-order valence-corrected chi connectivity index (χ1v) is 5.40. The van der Waals surface area contributed by atoms with Crippen LogP contribution < -0.4 is 5.32 Å². The Balaban J connectivity index is 2.30. The van der Waals surface area contributed by atoms with Crippen LogP contribution in [0.25, 0.3) is 0 Å². The number of aromatic nitrogens is 3. The van der Waals surface area contributed by atoms with Gasteiger partial charge in [0.2, 0.25) is 0 Å². The molecule has 2 N–H and O–H groups in total. The maximum atomic E-state index is 10.8. The lowest BCUT2D eigenvalue weighted by Crippen LogP contribution is -2.01. The Hall–Kier alpha value is -1.89. The fraction of sp³-hybridized carbons (Fsp3) is 0.222. The van der Waals surface area contributed by atoms with Crippen molar-refractivity contribution in [2.75, 3.05) is 5.32 Å². The van der Waals surface area contributed by atoms with Crippen LogP contribution in [-0.4, -0.2) is 25.8 Å². The standard InChI is InChI=1S/C9H10N4O2S/c1-5-6(3-13(2)12-5)11-8-7(9(14)15)10-4-16-8/h3-4,11H,1-2H3,(H,14,15). The highest BCUT2D eigenvalue weighted by atomic mass is 32.1. The Bertz CT molecular complexity index is 531. The lowest BCUT2D eigenvalue weighted by molar-refractivity contribution is 0.0692. The molecule has 0 aliphatic rings. The molecule has 0 fully saturated rings. The largest absolute Gasteiger partial charge is 0.476 e. The van der Waals surface area contributed by atoms with Crippen molar-refractivity contribution in [3.63, 3.8) is 0 Å². The number of aryl methyl sites for hydroxylation is 2. The van der Waals surface area contributed by atoms with Gasteiger partial charge in [-0.15, -0.1) is 11.3 Å². The third-order valence-electron chi connectivity index (χ3n) is 2.03. The van der Waals surface area contributed by atoms with Crippen LogP contribution in [0.3, 0.4) is 0 Å². The summed E-state index contributed by atoms with van der Waals surface area (Å²) in [7, 11) is 1.81. The third-order valence-corrected chi connectivity index (χ3v) is 2.77. The number of nitrogens with one attached hydrogen (secondary N) is 1. The number of thiazole rings is 1. The molecule has 0 bridgehead atoms. The van der Waals surface area contributed by atoms with Gasteiger partial charge in [0.1, 0.15) is 5.00 Å². The maximum absolute atomic E-state index is 10.8. The van der Waals surface area contributed by atoms with Gasteiger partial charge in [0.15, 0.2) is 5.69 Å². The van der Waals surface area contributed by atoms with Crippen LogP contribution in [-0.2, 0) is 7.05 Å². The molecular weight excluding hydrogens is 228 g/mol. The third kappa shape index (κ3) is 1.89. The van der Waals surface area contributed by atoms with Gasteiger partial charge in [0.25, 0.3) is 0 Å². The van der Waals surface area contributed by atoms with Gasteiger partial charge >= 0.3 is 5.97 Å². The first kappa shape index (κ1) is 10.6. The molecule has 0 aromatic carbocycles. The smallest absolute Gasteiger partial charge is 0.357 e. The highest BCUT2D eigenvalue weighted by Gasteiger charge is 2.14. The molecule has 0 unspecified atom stereocenters. The van der Waals surface area contributed by atoms with Gasteiger partial charge in [-0.25, -0.2) is 9.78 Å². The molecule has 6 nitrogen and oxygen atoms in total. The molecule has 7 heteroatoms. The topological polar surface area (TPSA) is 80.0 Å². The second kappa shape index (κ2) is 3.93. The predicted octanol–water partition coefficient (Wildman–Crippen LogP) is 1.63. The Morgan fingerprint density at radius 1 is 1.62 bits per heavy atom. The number of carboxylic acid groups (broad SMARTS) is 1. The summed E-state index contributed by atoms with van der Waals surface area (Å²) in [4.78, 5) is 14.6. The molecule has 0 aliphatic heterocycles. The number of rotatable bonds is 3. The van der Waals surface area contributed by atoms with Crippen LogP contribution >= 0.6 is 11.3 Å². The van der Waals surface area contributed by atoms with Gasteiger partial charge < -0.3 is 10.4 Å². The van der Waals surface area contributed by atoms with Crippen LogP contribution in [0.15, 0.2) is 11.7 Å². The lowest BCUT2D eigenvalue weighted by atomic mass is 10.4. The van der Waals surface area contributed by atoms with Crippen molar-refractivity contribution in [2.24, 2.45) is 7.05 Å². The highest BCUT2D eigenvalue weighted by Crippen LogP contribution is 2.26. The molecule has 0 saturated heterocycles. The van der Waals surface area contributed by atoms with E-state index in [-0.39, 0.29) is 5.69 Å². The van der Waals surface area contributed by atoms with Crippen LogP contribution in [0, 0.1) is 6.92 Å². The van der Waals surface area contributed by atoms with E-state index in [9.17, 15) is 4.79 Å². The normalized spacial score (nSPS) is 10.4. The quantitative estimate of drug-likeness (QED) is 0.849. The highest BCUT2D eigenvalue weighted by molar-refractivity contribution is 7.14. The molecule has 2 aromatic rings. The zero-order chi connectivity index (χ0) is 11.7. The monoisotopic (exact) mass is 238 g/mol. The molecule has 2 heterocycles. The summed E-state index contributed by atoms with van der Waals surface area (Å²) in [6.07, 6.45) is 1.79. The minimum atomic E-state index is -1.04. The van der Waals surface area contributed by atoms with Crippen molar-refractivity contribution in [2.45, 2.75) is 6.92 Å². The van der Waals surface area contributed by atoms with E-state index in [0.29, 0.717) is 5.00 Å². The second-order valence-corrected chi connectivity index (χ2v) is 4.12. The minimum Gasteiger partial charge on any atom is -0.476 e. The van der Waals surface area contributed by atoms with Crippen LogP contribution in [0.4, 0.5) is 10.7 Å². The molecule has 2 rings (SSSR count). The lowest BCUT2D eigenvalue weighted by Gasteiger charge is -2.01. The van der Waals surface area contributed by atoms with Crippen molar-refractivity contribution < 1.29 is 9.90 Å². The van der Waals surface area contributed by atoms with Crippen molar-refractivity contribution in [3.8, 4) is 0 Å². The van der Waals surface area contributed by atoms with Crippen molar-refractivity contribution in [1.82, 2.24) is 14.8 Å². The number of nitrogens with zero attached hydrogens (tertiary/aromatic N) is 3. The molecule has 0 radical (unpaired) electrons.